The first-order chi connectivity index (χ1) is 11.6. The zero-order valence-corrected chi connectivity index (χ0v) is 13.8. The summed E-state index contributed by atoms with van der Waals surface area (Å²) in [5, 5.41) is 25.4. The van der Waals surface area contributed by atoms with E-state index in [-0.39, 0.29) is 5.92 Å². The van der Waals surface area contributed by atoms with Crippen molar-refractivity contribution in [3.05, 3.63) is 52.0 Å². The summed E-state index contributed by atoms with van der Waals surface area (Å²) in [5.41, 5.74) is 6.30. The van der Waals surface area contributed by atoms with Crippen LogP contribution in [-0.2, 0) is 6.42 Å². The van der Waals surface area contributed by atoms with Gasteiger partial charge in [0.05, 0.1) is 40.0 Å². The van der Waals surface area contributed by atoms with Gasteiger partial charge in [-0.15, -0.1) is 0 Å². The van der Waals surface area contributed by atoms with Crippen LogP contribution in [0.1, 0.15) is 42.3 Å². The zero-order chi connectivity index (χ0) is 16.8. The second-order valence-electron chi connectivity index (χ2n) is 6.05. The van der Waals surface area contributed by atoms with Crippen molar-refractivity contribution in [3.63, 3.8) is 0 Å². The van der Waals surface area contributed by atoms with Crippen molar-refractivity contribution in [3.8, 4) is 6.07 Å². The first-order valence-corrected chi connectivity index (χ1v) is 7.95. The Morgan fingerprint density at radius 1 is 1.33 bits per heavy atom. The SMILES string of the molecule is CCc1n[nH]c2ccc(C3C(C#N)=C(C)Nc4onc(C)c43)cc12. The van der Waals surface area contributed by atoms with Crippen molar-refractivity contribution in [2.45, 2.75) is 33.1 Å². The lowest BCUT2D eigenvalue weighted by atomic mass is 9.82. The normalized spacial score (nSPS) is 16.8. The number of nitriles is 1. The summed E-state index contributed by atoms with van der Waals surface area (Å²) in [5.74, 6) is 0.443. The van der Waals surface area contributed by atoms with E-state index in [0.717, 1.165) is 45.5 Å². The number of aromatic amines is 1. The summed E-state index contributed by atoms with van der Waals surface area (Å²) >= 11 is 0. The average Bonchev–Trinajstić information content (AvgIpc) is 3.16. The summed E-state index contributed by atoms with van der Waals surface area (Å²) in [6, 6.07) is 8.53. The van der Waals surface area contributed by atoms with Gasteiger partial charge in [-0.3, -0.25) is 5.10 Å². The summed E-state index contributed by atoms with van der Waals surface area (Å²) < 4.78 is 5.40. The molecule has 0 bridgehead atoms. The van der Waals surface area contributed by atoms with Crippen LogP contribution < -0.4 is 5.32 Å². The van der Waals surface area contributed by atoms with Gasteiger partial charge in [0.15, 0.2) is 0 Å². The Morgan fingerprint density at radius 2 is 2.17 bits per heavy atom. The highest BCUT2D eigenvalue weighted by Gasteiger charge is 2.33. The van der Waals surface area contributed by atoms with Gasteiger partial charge in [-0.25, -0.2) is 0 Å². The summed E-state index contributed by atoms with van der Waals surface area (Å²) in [4.78, 5) is 0. The first kappa shape index (κ1) is 14.5. The molecule has 120 valence electrons. The molecule has 24 heavy (non-hydrogen) atoms. The summed E-state index contributed by atoms with van der Waals surface area (Å²) in [7, 11) is 0. The van der Waals surface area contributed by atoms with Crippen molar-refractivity contribution in [1.82, 2.24) is 15.4 Å². The maximum atomic E-state index is 9.70. The highest BCUT2D eigenvalue weighted by atomic mass is 16.5. The standard InChI is InChI=1S/C18H17N5O/c1-4-14-12-7-11(5-6-15(12)22-21-14)17-13(8-19)9(2)20-18-16(17)10(3)23-24-18/h5-7,17,20H,4H2,1-3H3,(H,21,22). The van der Waals surface area contributed by atoms with Gasteiger partial charge >= 0.3 is 0 Å². The van der Waals surface area contributed by atoms with E-state index in [9.17, 15) is 5.26 Å². The van der Waals surface area contributed by atoms with E-state index in [1.165, 1.54) is 0 Å². The molecule has 3 heterocycles. The fourth-order valence-electron chi connectivity index (χ4n) is 3.42. The molecular formula is C18H17N5O. The van der Waals surface area contributed by atoms with Crippen molar-refractivity contribution < 1.29 is 4.52 Å². The number of rotatable bonds is 2. The largest absolute Gasteiger partial charge is 0.338 e. The van der Waals surface area contributed by atoms with Crippen LogP contribution in [0.3, 0.4) is 0 Å². The molecular weight excluding hydrogens is 302 g/mol. The maximum absolute atomic E-state index is 9.70. The number of anilines is 1. The van der Waals surface area contributed by atoms with Crippen LogP contribution in [0.4, 0.5) is 5.88 Å². The van der Waals surface area contributed by atoms with Gasteiger partial charge in [0, 0.05) is 11.1 Å². The summed E-state index contributed by atoms with van der Waals surface area (Å²) in [6.45, 7) is 5.88. The molecule has 0 aliphatic carbocycles. The predicted octanol–water partition coefficient (Wildman–Crippen LogP) is 3.78. The van der Waals surface area contributed by atoms with Gasteiger partial charge in [-0.1, -0.05) is 18.1 Å². The van der Waals surface area contributed by atoms with Gasteiger partial charge < -0.3 is 9.84 Å². The molecule has 0 amide bonds. The molecule has 2 aromatic heterocycles. The third-order valence-corrected chi connectivity index (χ3v) is 4.65. The molecule has 1 aliphatic heterocycles. The van der Waals surface area contributed by atoms with Gasteiger partial charge in [0.1, 0.15) is 0 Å². The molecule has 0 saturated carbocycles. The quantitative estimate of drug-likeness (QED) is 0.750. The number of allylic oxidation sites excluding steroid dienone is 2. The van der Waals surface area contributed by atoms with Crippen LogP contribution in [0.2, 0.25) is 0 Å². The van der Waals surface area contributed by atoms with Crippen LogP contribution in [0.15, 0.2) is 34.0 Å². The van der Waals surface area contributed by atoms with Crippen molar-refractivity contribution in [1.29, 1.82) is 5.26 Å². The van der Waals surface area contributed by atoms with Crippen LogP contribution in [-0.4, -0.2) is 15.4 Å². The molecule has 0 saturated heterocycles. The molecule has 0 fully saturated rings. The van der Waals surface area contributed by atoms with E-state index in [1.54, 1.807) is 0 Å². The number of hydrogen-bond donors (Lipinski definition) is 2. The molecule has 6 nitrogen and oxygen atoms in total. The minimum absolute atomic E-state index is 0.179. The Labute approximate surface area is 139 Å². The molecule has 3 aromatic rings. The van der Waals surface area contributed by atoms with Crippen molar-refractivity contribution in [2.75, 3.05) is 5.32 Å². The number of hydrogen-bond acceptors (Lipinski definition) is 5. The second-order valence-corrected chi connectivity index (χ2v) is 6.05. The molecule has 1 atom stereocenters. The lowest BCUT2D eigenvalue weighted by molar-refractivity contribution is 0.428. The number of nitrogens with one attached hydrogen (secondary N) is 2. The Bertz CT molecular complexity index is 1020. The number of fused-ring (bicyclic) bond motifs is 2. The average molecular weight is 319 g/mol. The van der Waals surface area contributed by atoms with E-state index in [4.69, 9.17) is 4.52 Å². The molecule has 1 unspecified atom stereocenters. The zero-order valence-electron chi connectivity index (χ0n) is 13.8. The number of aromatic nitrogens is 3. The van der Waals surface area contributed by atoms with Crippen molar-refractivity contribution in [2.24, 2.45) is 0 Å². The van der Waals surface area contributed by atoms with Crippen molar-refractivity contribution >= 4 is 16.8 Å². The monoisotopic (exact) mass is 319 g/mol. The van der Waals surface area contributed by atoms with Crippen LogP contribution in [0.5, 0.6) is 0 Å². The lowest BCUT2D eigenvalue weighted by Gasteiger charge is -2.24. The van der Waals surface area contributed by atoms with E-state index in [2.05, 4.69) is 39.7 Å². The predicted molar refractivity (Wildman–Crippen MR) is 90.5 cm³/mol. The Kier molecular flexibility index (Phi) is 3.17. The Hall–Kier alpha value is -3.07. The topological polar surface area (TPSA) is 90.5 Å². The first-order valence-electron chi connectivity index (χ1n) is 7.95. The van der Waals surface area contributed by atoms with E-state index in [1.807, 2.05) is 26.0 Å². The molecule has 6 heteroatoms. The van der Waals surface area contributed by atoms with E-state index in [0.29, 0.717) is 11.5 Å². The minimum Gasteiger partial charge on any atom is -0.338 e. The molecule has 4 rings (SSSR count). The van der Waals surface area contributed by atoms with Gasteiger partial charge in [0.25, 0.3) is 0 Å². The van der Waals surface area contributed by atoms with Gasteiger partial charge in [0.2, 0.25) is 5.88 Å². The van der Waals surface area contributed by atoms with Crippen LogP contribution in [0.25, 0.3) is 10.9 Å². The van der Waals surface area contributed by atoms with Crippen LogP contribution in [0, 0.1) is 18.3 Å². The Balaban J connectivity index is 1.97. The maximum Gasteiger partial charge on any atom is 0.233 e. The number of H-pyrrole nitrogens is 1. The smallest absolute Gasteiger partial charge is 0.233 e. The highest BCUT2D eigenvalue weighted by Crippen LogP contribution is 2.43. The fourth-order valence-corrected chi connectivity index (χ4v) is 3.42. The third-order valence-electron chi connectivity index (χ3n) is 4.65. The molecule has 0 radical (unpaired) electrons. The number of nitrogens with zero attached hydrogens (tertiary/aromatic N) is 3. The summed E-state index contributed by atoms with van der Waals surface area (Å²) in [6.07, 6.45) is 0.854. The van der Waals surface area contributed by atoms with E-state index >= 15 is 0 Å². The number of aryl methyl sites for hydroxylation is 2. The molecule has 0 spiro atoms. The molecule has 2 N–H and O–H groups in total. The highest BCUT2D eigenvalue weighted by molar-refractivity contribution is 5.83. The molecule has 1 aromatic carbocycles. The minimum atomic E-state index is -0.179. The van der Waals surface area contributed by atoms with Crippen LogP contribution >= 0.6 is 0 Å². The molecule has 1 aliphatic rings. The number of benzene rings is 1. The van der Waals surface area contributed by atoms with Gasteiger partial charge in [-0.2, -0.15) is 10.4 Å². The van der Waals surface area contributed by atoms with Gasteiger partial charge in [-0.05, 0) is 38.0 Å². The third kappa shape index (κ3) is 1.95. The Morgan fingerprint density at radius 3 is 2.92 bits per heavy atom. The second kappa shape index (κ2) is 5.24. The van der Waals surface area contributed by atoms with E-state index < -0.39 is 0 Å². The lowest BCUT2D eigenvalue weighted by Crippen LogP contribution is -2.16. The fraction of sp³-hybridized carbons (Fsp3) is 0.278.